The average molecular weight is 415 g/mol. The third-order valence-corrected chi connectivity index (χ3v) is 7.76. The Kier molecular flexibility index (Phi) is 5.98. The molecule has 1 heterocycles. The van der Waals surface area contributed by atoms with E-state index in [4.69, 9.17) is 16.3 Å². The van der Waals surface area contributed by atoms with Crippen molar-refractivity contribution in [2.75, 3.05) is 18.5 Å². The summed E-state index contributed by atoms with van der Waals surface area (Å²) in [6.07, 6.45) is 4.45. The summed E-state index contributed by atoms with van der Waals surface area (Å²) in [4.78, 5) is 11.9. The summed E-state index contributed by atoms with van der Waals surface area (Å²) in [5.41, 5.74) is 1.08. The number of phenols is 1. The van der Waals surface area contributed by atoms with Gasteiger partial charge in [-0.1, -0.05) is 23.3 Å². The molecule has 2 amide bonds. The highest BCUT2D eigenvalue weighted by Gasteiger charge is 2.34. The molecular weight excluding hydrogens is 392 g/mol. The van der Waals surface area contributed by atoms with E-state index < -0.39 is 26.9 Å². The minimum atomic E-state index is -3.86. The predicted molar refractivity (Wildman–Crippen MR) is 103 cm³/mol. The van der Waals surface area contributed by atoms with Crippen molar-refractivity contribution in [1.29, 1.82) is 0 Å². The Labute approximate surface area is 163 Å². The molecule has 1 atom stereocenters. The first-order valence-electron chi connectivity index (χ1n) is 8.88. The zero-order valence-electron chi connectivity index (χ0n) is 15.0. The predicted octanol–water partition coefficient (Wildman–Crippen LogP) is 3.23. The average Bonchev–Trinajstić information content (AvgIpc) is 3.03. The van der Waals surface area contributed by atoms with Crippen molar-refractivity contribution in [3.05, 3.63) is 28.8 Å². The van der Waals surface area contributed by atoms with Crippen molar-refractivity contribution in [3.63, 3.8) is 0 Å². The number of hydrogen-bond acceptors (Lipinski definition) is 5. The lowest BCUT2D eigenvalue weighted by Gasteiger charge is -2.23. The van der Waals surface area contributed by atoms with Crippen LogP contribution in [0.25, 0.3) is 0 Å². The number of benzene rings is 1. The number of ether oxygens (including phenoxy) is 1. The van der Waals surface area contributed by atoms with E-state index in [0.29, 0.717) is 26.1 Å². The highest BCUT2D eigenvalue weighted by atomic mass is 35.5. The number of nitrogens with one attached hydrogen (secondary N) is 2. The van der Waals surface area contributed by atoms with Gasteiger partial charge in [0.05, 0.1) is 22.0 Å². The van der Waals surface area contributed by atoms with E-state index in [1.54, 1.807) is 0 Å². The molecule has 1 aliphatic carbocycles. The van der Waals surface area contributed by atoms with Crippen molar-refractivity contribution >= 4 is 33.2 Å². The summed E-state index contributed by atoms with van der Waals surface area (Å²) in [7, 11) is -3.86. The van der Waals surface area contributed by atoms with Gasteiger partial charge in [0.2, 0.25) is 0 Å². The molecule has 1 fully saturated rings. The van der Waals surface area contributed by atoms with Crippen molar-refractivity contribution in [2.24, 2.45) is 0 Å². The smallest absolute Gasteiger partial charge is 0.319 e. The van der Waals surface area contributed by atoms with Gasteiger partial charge in [-0.25, -0.2) is 13.2 Å². The van der Waals surface area contributed by atoms with E-state index in [-0.39, 0.29) is 21.6 Å². The zero-order valence-corrected chi connectivity index (χ0v) is 16.6. The largest absolute Gasteiger partial charge is 0.504 e. The van der Waals surface area contributed by atoms with Crippen molar-refractivity contribution in [2.45, 2.75) is 48.8 Å². The molecule has 3 rings (SSSR count). The minimum Gasteiger partial charge on any atom is -0.504 e. The topological polar surface area (TPSA) is 105 Å². The molecular formula is C18H23ClN2O5S. The van der Waals surface area contributed by atoms with Crippen LogP contribution in [0.4, 0.5) is 10.5 Å². The van der Waals surface area contributed by atoms with Crippen molar-refractivity contribution < 1.29 is 23.1 Å². The number of aromatic hydroxyl groups is 1. The maximum absolute atomic E-state index is 13.0. The SMILES string of the molecule is CC1=CCCC1NC(=O)Nc1ccc(Cl)c(S(=O)(=O)C2CCOCC2)c1O. The van der Waals surface area contributed by atoms with Crippen LogP contribution in [0.5, 0.6) is 5.75 Å². The van der Waals surface area contributed by atoms with E-state index in [9.17, 15) is 18.3 Å². The van der Waals surface area contributed by atoms with Gasteiger partial charge in [-0.2, -0.15) is 0 Å². The number of allylic oxidation sites excluding steroid dienone is 1. The number of sulfone groups is 1. The summed E-state index contributed by atoms with van der Waals surface area (Å²) in [6, 6.07) is 2.17. The van der Waals surface area contributed by atoms with Crippen LogP contribution >= 0.6 is 11.6 Å². The van der Waals surface area contributed by atoms with Crippen LogP contribution in [0, 0.1) is 0 Å². The summed E-state index contributed by atoms with van der Waals surface area (Å²) in [5, 5.41) is 15.1. The van der Waals surface area contributed by atoms with Gasteiger partial charge < -0.3 is 20.5 Å². The third kappa shape index (κ3) is 4.23. The highest BCUT2D eigenvalue weighted by Crippen LogP contribution is 2.40. The molecule has 7 nitrogen and oxygen atoms in total. The quantitative estimate of drug-likeness (QED) is 0.518. The fourth-order valence-electron chi connectivity index (χ4n) is 3.42. The van der Waals surface area contributed by atoms with E-state index in [0.717, 1.165) is 18.4 Å². The summed E-state index contributed by atoms with van der Waals surface area (Å²) >= 11 is 6.09. The van der Waals surface area contributed by atoms with E-state index in [2.05, 4.69) is 16.7 Å². The summed E-state index contributed by atoms with van der Waals surface area (Å²) < 4.78 is 31.1. The number of amides is 2. The van der Waals surface area contributed by atoms with Gasteiger partial charge in [0.25, 0.3) is 0 Å². The lowest BCUT2D eigenvalue weighted by Crippen LogP contribution is -2.37. The molecule has 1 unspecified atom stereocenters. The Morgan fingerprint density at radius 2 is 1.96 bits per heavy atom. The summed E-state index contributed by atoms with van der Waals surface area (Å²) in [5.74, 6) is -0.539. The molecule has 0 bridgehead atoms. The molecule has 1 aromatic rings. The van der Waals surface area contributed by atoms with E-state index in [1.807, 2.05) is 6.92 Å². The van der Waals surface area contributed by atoms with Crippen molar-refractivity contribution in [1.82, 2.24) is 5.32 Å². The van der Waals surface area contributed by atoms with Crippen LogP contribution < -0.4 is 10.6 Å². The number of halogens is 1. The van der Waals surface area contributed by atoms with Crippen LogP contribution in [0.1, 0.15) is 32.6 Å². The Morgan fingerprint density at radius 1 is 1.26 bits per heavy atom. The fourth-order valence-corrected chi connectivity index (χ4v) is 5.76. The van der Waals surface area contributed by atoms with Gasteiger partial charge in [-0.05, 0) is 44.7 Å². The second-order valence-electron chi connectivity index (χ2n) is 6.81. The molecule has 0 radical (unpaired) electrons. The Morgan fingerprint density at radius 3 is 2.59 bits per heavy atom. The number of carbonyl (C=O) groups is 1. The standard InChI is InChI=1S/C18H23ClN2O5S/c1-11-3-2-4-14(11)20-18(23)21-15-6-5-13(19)17(16(15)22)27(24,25)12-7-9-26-10-8-12/h3,5-6,12,14,22H,2,4,7-10H2,1H3,(H2,20,21,23). The molecule has 1 saturated heterocycles. The van der Waals surface area contributed by atoms with Gasteiger partial charge in [0.15, 0.2) is 15.6 Å². The normalized spacial score (nSPS) is 21.0. The maximum Gasteiger partial charge on any atom is 0.319 e. The van der Waals surface area contributed by atoms with Gasteiger partial charge >= 0.3 is 6.03 Å². The van der Waals surface area contributed by atoms with Crippen LogP contribution in [-0.2, 0) is 14.6 Å². The highest BCUT2D eigenvalue weighted by molar-refractivity contribution is 7.92. The van der Waals surface area contributed by atoms with Gasteiger partial charge in [-0.3, -0.25) is 0 Å². The van der Waals surface area contributed by atoms with Gasteiger partial charge in [0.1, 0.15) is 4.90 Å². The van der Waals surface area contributed by atoms with E-state index in [1.165, 1.54) is 12.1 Å². The second-order valence-corrected chi connectivity index (χ2v) is 9.38. The minimum absolute atomic E-state index is 0.00200. The monoisotopic (exact) mass is 414 g/mol. The number of rotatable bonds is 4. The molecule has 27 heavy (non-hydrogen) atoms. The molecule has 0 spiro atoms. The van der Waals surface area contributed by atoms with Crippen molar-refractivity contribution in [3.8, 4) is 5.75 Å². The van der Waals surface area contributed by atoms with E-state index >= 15 is 0 Å². The Hall–Kier alpha value is -1.77. The number of carbonyl (C=O) groups excluding carboxylic acids is 1. The molecule has 1 aliphatic heterocycles. The van der Waals surface area contributed by atoms with Gasteiger partial charge in [-0.15, -0.1) is 0 Å². The Balaban J connectivity index is 1.83. The number of urea groups is 1. The van der Waals surface area contributed by atoms with Crippen LogP contribution in [-0.4, -0.2) is 44.1 Å². The number of phenolic OH excluding ortho intramolecular Hbond substituents is 1. The number of hydrogen-bond donors (Lipinski definition) is 3. The van der Waals surface area contributed by atoms with Crippen LogP contribution in [0.2, 0.25) is 5.02 Å². The van der Waals surface area contributed by atoms with Gasteiger partial charge in [0, 0.05) is 13.2 Å². The lowest BCUT2D eigenvalue weighted by molar-refractivity contribution is 0.0983. The second kappa shape index (κ2) is 8.08. The third-order valence-electron chi connectivity index (χ3n) is 5.00. The maximum atomic E-state index is 13.0. The Bertz CT molecular complexity index is 863. The number of anilines is 1. The van der Waals surface area contributed by atoms with Crippen LogP contribution in [0.3, 0.4) is 0 Å². The molecule has 0 saturated carbocycles. The molecule has 148 valence electrons. The molecule has 2 aliphatic rings. The first-order valence-corrected chi connectivity index (χ1v) is 10.8. The first kappa shape index (κ1) is 20.0. The summed E-state index contributed by atoms with van der Waals surface area (Å²) in [6.45, 7) is 2.63. The first-order chi connectivity index (χ1) is 12.8. The molecule has 0 aromatic heterocycles. The molecule has 9 heteroatoms. The lowest BCUT2D eigenvalue weighted by atomic mass is 10.2. The zero-order chi connectivity index (χ0) is 19.6. The van der Waals surface area contributed by atoms with Crippen LogP contribution in [0.15, 0.2) is 28.7 Å². The molecule has 3 N–H and O–H groups in total. The molecule has 1 aromatic carbocycles. The fraction of sp³-hybridized carbons (Fsp3) is 0.500.